The van der Waals surface area contributed by atoms with Crippen LogP contribution in [0.4, 0.5) is 0 Å². The fraction of sp³-hybridized carbons (Fsp3) is 0.292. The van der Waals surface area contributed by atoms with Gasteiger partial charge < -0.3 is 4.74 Å². The second kappa shape index (κ2) is 6.99. The highest BCUT2D eigenvalue weighted by atomic mass is 16.5. The van der Waals surface area contributed by atoms with E-state index in [1.165, 1.54) is 5.56 Å². The van der Waals surface area contributed by atoms with E-state index in [9.17, 15) is 9.59 Å². The highest BCUT2D eigenvalue weighted by molar-refractivity contribution is 6.06. The Labute approximate surface area is 169 Å². The van der Waals surface area contributed by atoms with E-state index in [0.717, 1.165) is 22.6 Å². The van der Waals surface area contributed by atoms with E-state index >= 15 is 0 Å². The van der Waals surface area contributed by atoms with Gasteiger partial charge in [0.05, 0.1) is 18.1 Å². The van der Waals surface area contributed by atoms with E-state index in [1.54, 1.807) is 6.21 Å². The van der Waals surface area contributed by atoms with Crippen LogP contribution in [0.5, 0.6) is 5.75 Å². The Hall–Kier alpha value is -3.21. The lowest BCUT2D eigenvalue weighted by Gasteiger charge is -2.13. The number of aryl methyl sites for hydroxylation is 1. The van der Waals surface area contributed by atoms with E-state index in [2.05, 4.69) is 23.3 Å². The Kier molecular flexibility index (Phi) is 4.31. The van der Waals surface area contributed by atoms with Crippen molar-refractivity contribution < 1.29 is 14.3 Å². The van der Waals surface area contributed by atoms with Crippen LogP contribution >= 0.6 is 0 Å². The number of nitrogens with zero attached hydrogens (tertiary/aromatic N) is 2. The summed E-state index contributed by atoms with van der Waals surface area (Å²) in [6.07, 6.45) is 6.63. The van der Waals surface area contributed by atoms with E-state index in [4.69, 9.17) is 4.74 Å². The monoisotopic (exact) mass is 386 g/mol. The molecular formula is C24H22N2O3. The molecule has 2 bridgehead atoms. The number of allylic oxidation sites excluding steroid dienone is 2. The number of imide groups is 1. The second-order valence-corrected chi connectivity index (χ2v) is 8.05. The molecule has 5 rings (SSSR count). The van der Waals surface area contributed by atoms with Crippen LogP contribution in [0.15, 0.2) is 65.8 Å². The summed E-state index contributed by atoms with van der Waals surface area (Å²) in [4.78, 5) is 25.5. The third-order valence-corrected chi connectivity index (χ3v) is 6.16. The number of amides is 2. The van der Waals surface area contributed by atoms with E-state index < -0.39 is 0 Å². The molecule has 2 aliphatic carbocycles. The molecule has 2 amide bonds. The van der Waals surface area contributed by atoms with Crippen molar-refractivity contribution in [2.45, 2.75) is 20.0 Å². The molecule has 5 heteroatoms. The van der Waals surface area contributed by atoms with Crippen molar-refractivity contribution >= 4 is 18.0 Å². The molecule has 0 radical (unpaired) electrons. The highest BCUT2D eigenvalue weighted by Crippen LogP contribution is 2.52. The highest BCUT2D eigenvalue weighted by Gasteiger charge is 2.59. The van der Waals surface area contributed by atoms with Crippen LogP contribution in [0.2, 0.25) is 0 Å². The van der Waals surface area contributed by atoms with Crippen molar-refractivity contribution in [3.8, 4) is 5.75 Å². The first kappa shape index (κ1) is 17.9. The Bertz CT molecular complexity index is 1010. The van der Waals surface area contributed by atoms with Gasteiger partial charge in [-0.05, 0) is 42.9 Å². The van der Waals surface area contributed by atoms with E-state index in [0.29, 0.717) is 12.4 Å². The zero-order valence-electron chi connectivity index (χ0n) is 16.2. The zero-order chi connectivity index (χ0) is 20.0. The second-order valence-electron chi connectivity index (χ2n) is 8.05. The first-order valence-corrected chi connectivity index (χ1v) is 9.99. The molecule has 2 fully saturated rings. The standard InChI is InChI=1S/C24H22N2O3/c1-15-5-4-6-16(11-15)14-29-20-8-3-2-7-19(20)13-25-26-23(27)21-17-9-10-18(12-17)22(21)24(26)28/h2-11,13,17-18,21-22H,12,14H2,1H3. The number of hydrogen-bond donors (Lipinski definition) is 0. The van der Waals surface area contributed by atoms with E-state index in [1.807, 2.05) is 49.4 Å². The minimum absolute atomic E-state index is 0.175. The third kappa shape index (κ3) is 3.07. The van der Waals surface area contributed by atoms with Gasteiger partial charge in [-0.1, -0.05) is 54.1 Å². The van der Waals surface area contributed by atoms with Gasteiger partial charge in [-0.25, -0.2) is 0 Å². The van der Waals surface area contributed by atoms with Gasteiger partial charge in [0.1, 0.15) is 12.4 Å². The van der Waals surface area contributed by atoms with Gasteiger partial charge in [0.25, 0.3) is 11.8 Å². The molecular weight excluding hydrogens is 364 g/mol. The molecule has 0 aromatic heterocycles. The Morgan fingerprint density at radius 2 is 1.76 bits per heavy atom. The summed E-state index contributed by atoms with van der Waals surface area (Å²) in [6, 6.07) is 15.7. The van der Waals surface area contributed by atoms with Crippen LogP contribution in [0.1, 0.15) is 23.1 Å². The van der Waals surface area contributed by atoms with Gasteiger partial charge in [0, 0.05) is 5.56 Å². The normalized spacial score (nSPS) is 27.3. The van der Waals surface area contributed by atoms with Crippen molar-refractivity contribution in [3.63, 3.8) is 0 Å². The van der Waals surface area contributed by atoms with Gasteiger partial charge in [-0.2, -0.15) is 10.1 Å². The molecule has 0 N–H and O–H groups in total. The maximum absolute atomic E-state index is 12.8. The predicted molar refractivity (Wildman–Crippen MR) is 109 cm³/mol. The summed E-state index contributed by atoms with van der Waals surface area (Å²) in [5.41, 5.74) is 3.00. The van der Waals surface area contributed by atoms with Crippen molar-refractivity contribution in [1.29, 1.82) is 0 Å². The summed E-state index contributed by atoms with van der Waals surface area (Å²) < 4.78 is 5.98. The van der Waals surface area contributed by atoms with Gasteiger partial charge in [-0.3, -0.25) is 9.59 Å². The number of rotatable bonds is 5. The number of ether oxygens (including phenoxy) is 1. The zero-order valence-corrected chi connectivity index (χ0v) is 16.2. The van der Waals surface area contributed by atoms with Gasteiger partial charge in [0.2, 0.25) is 0 Å². The lowest BCUT2D eigenvalue weighted by molar-refractivity contribution is -0.140. The van der Waals surface area contributed by atoms with Gasteiger partial charge in [0.15, 0.2) is 0 Å². The summed E-state index contributed by atoms with van der Waals surface area (Å²) in [5.74, 6) is 0.222. The molecule has 1 heterocycles. The SMILES string of the molecule is Cc1cccc(COc2ccccc2C=NN2C(=O)C3C4C=CC(C4)C3C2=O)c1. The lowest BCUT2D eigenvalue weighted by Crippen LogP contribution is -2.28. The molecule has 29 heavy (non-hydrogen) atoms. The van der Waals surface area contributed by atoms with Gasteiger partial charge >= 0.3 is 0 Å². The van der Waals surface area contributed by atoms with Crippen LogP contribution < -0.4 is 4.74 Å². The number of carbonyl (C=O) groups is 2. The van der Waals surface area contributed by atoms with Crippen molar-refractivity contribution in [2.75, 3.05) is 0 Å². The molecule has 4 atom stereocenters. The van der Waals surface area contributed by atoms with Crippen LogP contribution in [-0.4, -0.2) is 23.0 Å². The van der Waals surface area contributed by atoms with E-state index in [-0.39, 0.29) is 35.5 Å². The molecule has 1 aliphatic heterocycles. The van der Waals surface area contributed by atoms with Gasteiger partial charge in [-0.15, -0.1) is 0 Å². The quantitative estimate of drug-likeness (QED) is 0.447. The number of carbonyl (C=O) groups excluding carboxylic acids is 2. The molecule has 0 spiro atoms. The molecule has 2 aromatic rings. The summed E-state index contributed by atoms with van der Waals surface area (Å²) in [6.45, 7) is 2.48. The number of benzene rings is 2. The largest absolute Gasteiger partial charge is 0.488 e. The number of hydrogen-bond acceptors (Lipinski definition) is 4. The maximum Gasteiger partial charge on any atom is 0.254 e. The predicted octanol–water partition coefficient (Wildman–Crippen LogP) is 3.72. The fourth-order valence-corrected chi connectivity index (χ4v) is 4.80. The van der Waals surface area contributed by atoms with Crippen LogP contribution in [0.25, 0.3) is 0 Å². The number of fused-ring (bicyclic) bond motifs is 5. The van der Waals surface area contributed by atoms with Crippen LogP contribution in [-0.2, 0) is 16.2 Å². The third-order valence-electron chi connectivity index (χ3n) is 6.16. The molecule has 4 unspecified atom stereocenters. The smallest absolute Gasteiger partial charge is 0.254 e. The summed E-state index contributed by atoms with van der Waals surface area (Å²) in [7, 11) is 0. The van der Waals surface area contributed by atoms with Crippen molar-refractivity contribution in [3.05, 3.63) is 77.4 Å². The summed E-state index contributed by atoms with van der Waals surface area (Å²) in [5, 5.41) is 5.33. The Balaban J connectivity index is 1.33. The molecule has 5 nitrogen and oxygen atoms in total. The summed E-state index contributed by atoms with van der Waals surface area (Å²) >= 11 is 0. The lowest BCUT2D eigenvalue weighted by atomic mass is 9.85. The Morgan fingerprint density at radius 1 is 1.03 bits per heavy atom. The average molecular weight is 386 g/mol. The number of para-hydroxylation sites is 1. The van der Waals surface area contributed by atoms with Crippen molar-refractivity contribution in [1.82, 2.24) is 5.01 Å². The van der Waals surface area contributed by atoms with Crippen LogP contribution in [0, 0.1) is 30.6 Å². The fourth-order valence-electron chi connectivity index (χ4n) is 4.80. The van der Waals surface area contributed by atoms with Crippen molar-refractivity contribution in [2.24, 2.45) is 28.8 Å². The topological polar surface area (TPSA) is 59.0 Å². The Morgan fingerprint density at radius 3 is 2.48 bits per heavy atom. The molecule has 146 valence electrons. The number of hydrazone groups is 1. The average Bonchev–Trinajstić information content (AvgIpc) is 3.40. The molecule has 3 aliphatic rings. The first-order valence-electron chi connectivity index (χ1n) is 9.99. The molecule has 2 aromatic carbocycles. The minimum atomic E-state index is -0.234. The minimum Gasteiger partial charge on any atom is -0.488 e. The molecule has 1 saturated heterocycles. The first-order chi connectivity index (χ1) is 14.1. The van der Waals surface area contributed by atoms with Crippen LogP contribution in [0.3, 0.4) is 0 Å². The molecule has 1 saturated carbocycles. The maximum atomic E-state index is 12.8.